The number of sulfonamides is 1. The third-order valence-electron chi connectivity index (χ3n) is 5.33. The van der Waals surface area contributed by atoms with E-state index in [1.807, 2.05) is 36.5 Å². The van der Waals surface area contributed by atoms with Crippen LogP contribution in [-0.4, -0.2) is 35.4 Å². The molecule has 1 aromatic carbocycles. The SMILES string of the molecule is Cc1cnc(C2CC2)n1C1CCN(S(=O)(=O)Cc2ccccc2)CC1. The smallest absolute Gasteiger partial charge is 0.218 e. The van der Waals surface area contributed by atoms with E-state index in [-0.39, 0.29) is 5.75 Å². The molecule has 4 rings (SSSR count). The van der Waals surface area contributed by atoms with Crippen molar-refractivity contribution < 1.29 is 8.42 Å². The first-order valence-electron chi connectivity index (χ1n) is 9.10. The van der Waals surface area contributed by atoms with E-state index in [0.29, 0.717) is 25.0 Å². The lowest BCUT2D eigenvalue weighted by Gasteiger charge is -2.33. The third kappa shape index (κ3) is 3.51. The van der Waals surface area contributed by atoms with Crippen molar-refractivity contribution in [1.82, 2.24) is 13.9 Å². The number of aromatic nitrogens is 2. The summed E-state index contributed by atoms with van der Waals surface area (Å²) in [6, 6.07) is 9.81. The van der Waals surface area contributed by atoms with Crippen LogP contribution in [0.1, 0.15) is 54.7 Å². The Morgan fingerprint density at radius 2 is 1.76 bits per heavy atom. The molecular weight excluding hydrogens is 334 g/mol. The molecule has 134 valence electrons. The van der Waals surface area contributed by atoms with Gasteiger partial charge < -0.3 is 4.57 Å². The first-order valence-corrected chi connectivity index (χ1v) is 10.7. The number of nitrogens with zero attached hydrogens (tertiary/aromatic N) is 3. The molecular formula is C19H25N3O2S. The van der Waals surface area contributed by atoms with Crippen LogP contribution in [0.3, 0.4) is 0 Å². The predicted molar refractivity (Wildman–Crippen MR) is 97.8 cm³/mol. The van der Waals surface area contributed by atoms with Crippen LogP contribution >= 0.6 is 0 Å². The van der Waals surface area contributed by atoms with E-state index in [1.165, 1.54) is 24.4 Å². The van der Waals surface area contributed by atoms with Crippen LogP contribution in [0.4, 0.5) is 0 Å². The van der Waals surface area contributed by atoms with E-state index < -0.39 is 10.0 Å². The molecule has 5 nitrogen and oxygen atoms in total. The maximum atomic E-state index is 12.7. The minimum atomic E-state index is -3.24. The second-order valence-electron chi connectivity index (χ2n) is 7.27. The summed E-state index contributed by atoms with van der Waals surface area (Å²) in [6.45, 7) is 3.31. The van der Waals surface area contributed by atoms with Gasteiger partial charge in [-0.05, 0) is 38.2 Å². The molecule has 1 aliphatic carbocycles. The topological polar surface area (TPSA) is 55.2 Å². The fourth-order valence-electron chi connectivity index (χ4n) is 3.84. The van der Waals surface area contributed by atoms with Gasteiger partial charge >= 0.3 is 0 Å². The van der Waals surface area contributed by atoms with Crippen LogP contribution in [0.15, 0.2) is 36.5 Å². The highest BCUT2D eigenvalue weighted by Crippen LogP contribution is 2.41. The lowest BCUT2D eigenvalue weighted by Crippen LogP contribution is -2.40. The molecule has 0 unspecified atom stereocenters. The first kappa shape index (κ1) is 16.8. The summed E-state index contributed by atoms with van der Waals surface area (Å²) >= 11 is 0. The van der Waals surface area contributed by atoms with Gasteiger partial charge in [0.2, 0.25) is 10.0 Å². The van der Waals surface area contributed by atoms with Crippen LogP contribution in [0.25, 0.3) is 0 Å². The highest BCUT2D eigenvalue weighted by molar-refractivity contribution is 7.88. The van der Waals surface area contributed by atoms with E-state index >= 15 is 0 Å². The van der Waals surface area contributed by atoms with Gasteiger partial charge in [0.1, 0.15) is 5.82 Å². The molecule has 6 heteroatoms. The van der Waals surface area contributed by atoms with Crippen LogP contribution in [0.5, 0.6) is 0 Å². The Kier molecular flexibility index (Phi) is 4.41. The number of hydrogen-bond acceptors (Lipinski definition) is 3. The molecule has 1 saturated heterocycles. The van der Waals surface area contributed by atoms with E-state index in [9.17, 15) is 8.42 Å². The fraction of sp³-hybridized carbons (Fsp3) is 0.526. The Labute approximate surface area is 149 Å². The Morgan fingerprint density at radius 3 is 2.40 bits per heavy atom. The number of imidazole rings is 1. The standard InChI is InChI=1S/C19H25N3O2S/c1-15-13-20-19(17-7-8-17)22(15)18-9-11-21(12-10-18)25(23,24)14-16-5-3-2-4-6-16/h2-6,13,17-18H,7-12,14H2,1H3. The molecule has 0 spiro atoms. The summed E-state index contributed by atoms with van der Waals surface area (Å²) in [4.78, 5) is 4.61. The zero-order valence-corrected chi connectivity index (χ0v) is 15.5. The zero-order chi connectivity index (χ0) is 17.4. The largest absolute Gasteiger partial charge is 0.329 e. The zero-order valence-electron chi connectivity index (χ0n) is 14.6. The molecule has 2 aromatic rings. The molecule has 1 aromatic heterocycles. The van der Waals surface area contributed by atoms with Crippen molar-refractivity contribution in [2.24, 2.45) is 0 Å². The lowest BCUT2D eigenvalue weighted by atomic mass is 10.1. The van der Waals surface area contributed by atoms with Gasteiger partial charge in [-0.2, -0.15) is 0 Å². The maximum absolute atomic E-state index is 12.7. The van der Waals surface area contributed by atoms with Gasteiger partial charge in [-0.15, -0.1) is 0 Å². The summed E-state index contributed by atoms with van der Waals surface area (Å²) in [6.07, 6.45) is 6.17. The molecule has 2 heterocycles. The fourth-order valence-corrected chi connectivity index (χ4v) is 5.40. The average molecular weight is 359 g/mol. The number of rotatable bonds is 5. The van der Waals surface area contributed by atoms with Gasteiger partial charge in [0.25, 0.3) is 0 Å². The van der Waals surface area contributed by atoms with Gasteiger partial charge in [0.05, 0.1) is 5.75 Å². The number of hydrogen-bond donors (Lipinski definition) is 0. The van der Waals surface area contributed by atoms with Gasteiger partial charge in [-0.3, -0.25) is 0 Å². The van der Waals surface area contributed by atoms with Gasteiger partial charge in [-0.1, -0.05) is 30.3 Å². The van der Waals surface area contributed by atoms with Crippen molar-refractivity contribution >= 4 is 10.0 Å². The Balaban J connectivity index is 1.44. The molecule has 2 aliphatic rings. The van der Waals surface area contributed by atoms with Crippen LogP contribution in [0.2, 0.25) is 0 Å². The highest BCUT2D eigenvalue weighted by atomic mass is 32.2. The van der Waals surface area contributed by atoms with Crippen molar-refractivity contribution in [3.63, 3.8) is 0 Å². The lowest BCUT2D eigenvalue weighted by molar-refractivity contribution is 0.268. The van der Waals surface area contributed by atoms with Crippen molar-refractivity contribution in [3.8, 4) is 0 Å². The third-order valence-corrected chi connectivity index (χ3v) is 7.18. The van der Waals surface area contributed by atoms with Gasteiger partial charge in [0.15, 0.2) is 0 Å². The van der Waals surface area contributed by atoms with E-state index in [4.69, 9.17) is 0 Å². The molecule has 0 N–H and O–H groups in total. The Bertz CT molecular complexity index is 833. The van der Waals surface area contributed by atoms with Gasteiger partial charge in [0, 0.05) is 36.9 Å². The summed E-state index contributed by atoms with van der Waals surface area (Å²) in [5, 5.41) is 0. The summed E-state index contributed by atoms with van der Waals surface area (Å²) in [5.41, 5.74) is 2.05. The maximum Gasteiger partial charge on any atom is 0.218 e. The summed E-state index contributed by atoms with van der Waals surface area (Å²) in [7, 11) is -3.24. The monoisotopic (exact) mass is 359 g/mol. The highest BCUT2D eigenvalue weighted by Gasteiger charge is 2.34. The number of benzene rings is 1. The minimum absolute atomic E-state index is 0.0932. The second kappa shape index (κ2) is 6.57. The van der Waals surface area contributed by atoms with Crippen molar-refractivity contribution in [1.29, 1.82) is 0 Å². The quantitative estimate of drug-likeness (QED) is 0.823. The molecule has 0 bridgehead atoms. The van der Waals surface area contributed by atoms with E-state index in [1.54, 1.807) is 4.31 Å². The molecule has 1 saturated carbocycles. The van der Waals surface area contributed by atoms with Crippen molar-refractivity contribution in [3.05, 3.63) is 53.6 Å². The molecule has 0 atom stereocenters. The molecule has 25 heavy (non-hydrogen) atoms. The summed E-state index contributed by atoms with van der Waals surface area (Å²) < 4.78 is 29.5. The normalized spacial score (nSPS) is 20.0. The Morgan fingerprint density at radius 1 is 1.08 bits per heavy atom. The first-order chi connectivity index (χ1) is 12.0. The second-order valence-corrected chi connectivity index (χ2v) is 9.24. The van der Waals surface area contributed by atoms with Crippen LogP contribution in [-0.2, 0) is 15.8 Å². The van der Waals surface area contributed by atoms with Crippen LogP contribution in [0, 0.1) is 6.92 Å². The van der Waals surface area contributed by atoms with Crippen molar-refractivity contribution in [2.45, 2.75) is 50.3 Å². The molecule has 1 aliphatic heterocycles. The number of piperidine rings is 1. The number of aryl methyl sites for hydroxylation is 1. The Hall–Kier alpha value is -1.66. The van der Waals surface area contributed by atoms with Crippen LogP contribution < -0.4 is 0 Å². The minimum Gasteiger partial charge on any atom is -0.329 e. The van der Waals surface area contributed by atoms with E-state index in [0.717, 1.165) is 18.4 Å². The summed E-state index contributed by atoms with van der Waals surface area (Å²) in [5.74, 6) is 1.92. The molecule has 2 fully saturated rings. The van der Waals surface area contributed by atoms with Gasteiger partial charge in [-0.25, -0.2) is 17.7 Å². The average Bonchev–Trinajstić information content (AvgIpc) is 3.38. The molecule has 0 radical (unpaired) electrons. The van der Waals surface area contributed by atoms with Crippen molar-refractivity contribution in [2.75, 3.05) is 13.1 Å². The van der Waals surface area contributed by atoms with E-state index in [2.05, 4.69) is 16.5 Å². The molecule has 0 amide bonds. The predicted octanol–water partition coefficient (Wildman–Crippen LogP) is 3.24.